The number of anilines is 1. The molecule has 3 aliphatic heterocycles. The molecule has 0 aliphatic carbocycles. The molecule has 2 amide bonds. The number of nitrogens with zero attached hydrogens (tertiary/aromatic N) is 3. The summed E-state index contributed by atoms with van der Waals surface area (Å²) in [5.41, 5.74) is 3.26. The van der Waals surface area contributed by atoms with Crippen LogP contribution in [0.3, 0.4) is 0 Å². The van der Waals surface area contributed by atoms with Gasteiger partial charge in [0.15, 0.2) is 5.78 Å². The van der Waals surface area contributed by atoms with Gasteiger partial charge in [0, 0.05) is 36.8 Å². The number of allylic oxidation sites excluding steroid dienone is 1. The van der Waals surface area contributed by atoms with Gasteiger partial charge in [-0.3, -0.25) is 19.7 Å². The number of nitrogens with one attached hydrogen (secondary N) is 2. The van der Waals surface area contributed by atoms with Crippen LogP contribution in [-0.4, -0.2) is 83.2 Å². The van der Waals surface area contributed by atoms with Crippen molar-refractivity contribution in [2.75, 3.05) is 44.9 Å². The Morgan fingerprint density at radius 3 is 2.57 bits per heavy atom. The van der Waals surface area contributed by atoms with Crippen LogP contribution in [0.1, 0.15) is 64.8 Å². The fraction of sp³-hybridized carbons (Fsp3) is 0.400. The molecule has 6 rings (SSSR count). The monoisotopic (exact) mass is 641 g/mol. The zero-order valence-electron chi connectivity index (χ0n) is 26.1. The van der Waals surface area contributed by atoms with Crippen LogP contribution in [-0.2, 0) is 25.5 Å². The average Bonchev–Trinajstić information content (AvgIpc) is 3.36. The first kappa shape index (κ1) is 32.1. The number of phenols is 1. The molecule has 1 aromatic heterocycles. The van der Waals surface area contributed by atoms with Gasteiger partial charge >= 0.3 is 0 Å². The van der Waals surface area contributed by atoms with Crippen LogP contribution in [0.25, 0.3) is 0 Å². The Balaban J connectivity index is 0.872. The van der Waals surface area contributed by atoms with Crippen molar-refractivity contribution in [1.82, 2.24) is 20.2 Å². The summed E-state index contributed by atoms with van der Waals surface area (Å²) in [6.07, 6.45) is 8.57. The lowest BCUT2D eigenvalue weighted by Crippen LogP contribution is -2.39. The number of fused-ring (bicyclic) bond motifs is 4. The zero-order chi connectivity index (χ0) is 32.6. The number of hydrogen-bond donors (Lipinski definition) is 3. The van der Waals surface area contributed by atoms with Gasteiger partial charge in [-0.05, 0) is 55.5 Å². The van der Waals surface area contributed by atoms with Gasteiger partial charge in [-0.1, -0.05) is 24.3 Å². The number of imide groups is 1. The van der Waals surface area contributed by atoms with E-state index in [2.05, 4.69) is 25.5 Å². The largest absolute Gasteiger partial charge is 0.507 e. The van der Waals surface area contributed by atoms with Crippen LogP contribution in [0.15, 0.2) is 67.1 Å². The summed E-state index contributed by atoms with van der Waals surface area (Å²) in [7, 11) is 0. The number of benzene rings is 2. The Hall–Kier alpha value is -4.81. The first-order valence-electron chi connectivity index (χ1n) is 16.1. The van der Waals surface area contributed by atoms with Crippen molar-refractivity contribution in [2.45, 2.75) is 50.1 Å². The SMILES string of the molecule is O=C1CCC(c2ccc(OCCOCCOCCNc3ncnc4c3C[C@@H]3CC[C@H]4N3/C=C/C(=O)c3ccccc3O)cc2)C(=O)N1. The van der Waals surface area contributed by atoms with Crippen LogP contribution in [0, 0.1) is 0 Å². The Morgan fingerprint density at radius 1 is 0.979 bits per heavy atom. The summed E-state index contributed by atoms with van der Waals surface area (Å²) in [6.45, 7) is 2.79. The number of piperidine rings is 1. The smallest absolute Gasteiger partial charge is 0.234 e. The molecule has 2 fully saturated rings. The first-order chi connectivity index (χ1) is 23.0. The summed E-state index contributed by atoms with van der Waals surface area (Å²) in [6, 6.07) is 14.3. The van der Waals surface area contributed by atoms with Crippen LogP contribution in [0.4, 0.5) is 5.82 Å². The Bertz CT molecular complexity index is 1610. The molecule has 0 spiro atoms. The van der Waals surface area contributed by atoms with Crippen LogP contribution in [0.5, 0.6) is 11.5 Å². The lowest BCUT2D eigenvalue weighted by Gasteiger charge is -2.35. The molecule has 2 saturated heterocycles. The molecule has 0 radical (unpaired) electrons. The maximum absolute atomic E-state index is 12.7. The van der Waals surface area contributed by atoms with Crippen molar-refractivity contribution in [3.63, 3.8) is 0 Å². The van der Waals surface area contributed by atoms with E-state index in [9.17, 15) is 19.5 Å². The first-order valence-corrected chi connectivity index (χ1v) is 16.1. The standard InChI is InChI=1S/C35H39N5O7/c41-30-4-2-1-3-27(30)31(42)13-15-40-24-7-11-29(40)33-28(21-24)34(38-22-37-33)36-14-16-45-17-18-46-19-20-47-25-8-5-23(6-9-25)26-10-12-32(43)39-35(26)44/h1-6,8-9,13,15,22,24,26,29,41H,7,10-12,14,16-21H2,(H,36,37,38)(H,39,43,44)/b15-13+/t24-,26?,29+/m0/s1. The highest BCUT2D eigenvalue weighted by Crippen LogP contribution is 2.44. The van der Waals surface area contributed by atoms with E-state index < -0.39 is 0 Å². The van der Waals surface area contributed by atoms with Crippen molar-refractivity contribution in [1.29, 1.82) is 0 Å². The summed E-state index contributed by atoms with van der Waals surface area (Å²) in [5, 5.41) is 15.8. The average molecular weight is 642 g/mol. The maximum atomic E-state index is 12.7. The topological polar surface area (TPSA) is 152 Å². The highest BCUT2D eigenvalue weighted by molar-refractivity contribution is 6.06. The molecule has 12 heteroatoms. The Kier molecular flexibility index (Phi) is 10.4. The van der Waals surface area contributed by atoms with Crippen LogP contribution >= 0.6 is 0 Å². The molecule has 3 aromatic rings. The van der Waals surface area contributed by atoms with Gasteiger partial charge in [0.25, 0.3) is 0 Å². The number of carbonyl (C=O) groups excluding carboxylic acids is 3. The summed E-state index contributed by atoms with van der Waals surface area (Å²) >= 11 is 0. The van der Waals surface area contributed by atoms with E-state index in [4.69, 9.17) is 14.2 Å². The second kappa shape index (κ2) is 15.2. The summed E-state index contributed by atoms with van der Waals surface area (Å²) in [5.74, 6) is 0.487. The molecule has 3 atom stereocenters. The quantitative estimate of drug-likeness (QED) is 0.0965. The number of ether oxygens (including phenoxy) is 3. The Labute approximate surface area is 273 Å². The third-order valence-corrected chi connectivity index (χ3v) is 8.79. The summed E-state index contributed by atoms with van der Waals surface area (Å²) < 4.78 is 17.1. The third-order valence-electron chi connectivity index (χ3n) is 8.79. The lowest BCUT2D eigenvalue weighted by molar-refractivity contribution is -0.134. The molecule has 2 aromatic carbocycles. The van der Waals surface area contributed by atoms with Gasteiger partial charge in [-0.2, -0.15) is 0 Å². The maximum Gasteiger partial charge on any atom is 0.234 e. The van der Waals surface area contributed by atoms with Gasteiger partial charge in [0.1, 0.15) is 30.3 Å². The second-order valence-corrected chi connectivity index (χ2v) is 11.8. The highest BCUT2D eigenvalue weighted by Gasteiger charge is 2.40. The number of rotatable bonds is 15. The molecule has 0 saturated carbocycles. The van der Waals surface area contributed by atoms with Gasteiger partial charge in [-0.15, -0.1) is 0 Å². The van der Waals surface area contributed by atoms with E-state index in [1.54, 1.807) is 24.5 Å². The lowest BCUT2D eigenvalue weighted by atomic mass is 9.90. The molecule has 1 unspecified atom stereocenters. The van der Waals surface area contributed by atoms with Crippen LogP contribution < -0.4 is 15.4 Å². The van der Waals surface area contributed by atoms with E-state index in [-0.39, 0.29) is 46.9 Å². The van der Waals surface area contributed by atoms with Crippen molar-refractivity contribution in [2.24, 2.45) is 0 Å². The highest BCUT2D eigenvalue weighted by atomic mass is 16.5. The normalized spacial score (nSPS) is 20.3. The van der Waals surface area contributed by atoms with Crippen molar-refractivity contribution < 1.29 is 33.7 Å². The van der Waals surface area contributed by atoms with Gasteiger partial charge in [-0.25, -0.2) is 9.97 Å². The van der Waals surface area contributed by atoms with Crippen LogP contribution in [0.2, 0.25) is 0 Å². The van der Waals surface area contributed by atoms with E-state index >= 15 is 0 Å². The predicted molar refractivity (Wildman–Crippen MR) is 172 cm³/mol. The number of amides is 2. The molecular weight excluding hydrogens is 602 g/mol. The number of aromatic hydroxyl groups is 1. The molecule has 246 valence electrons. The molecular formula is C35H39N5O7. The van der Waals surface area contributed by atoms with Gasteiger partial charge < -0.3 is 29.5 Å². The minimum Gasteiger partial charge on any atom is -0.507 e. The minimum atomic E-state index is -0.307. The minimum absolute atomic E-state index is 0.0201. The van der Waals surface area contributed by atoms with E-state index in [0.717, 1.165) is 41.9 Å². The fourth-order valence-corrected chi connectivity index (χ4v) is 6.43. The molecule has 2 bridgehead atoms. The number of hydrogen-bond acceptors (Lipinski definition) is 11. The number of para-hydroxylation sites is 1. The van der Waals surface area contributed by atoms with Crippen molar-refractivity contribution in [3.05, 3.63) is 89.5 Å². The molecule has 4 heterocycles. The number of aromatic nitrogens is 2. The predicted octanol–water partition coefficient (Wildman–Crippen LogP) is 3.68. The molecule has 12 nitrogen and oxygen atoms in total. The summed E-state index contributed by atoms with van der Waals surface area (Å²) in [4.78, 5) is 47.4. The van der Waals surface area contributed by atoms with Crippen molar-refractivity contribution in [3.8, 4) is 11.5 Å². The van der Waals surface area contributed by atoms with Gasteiger partial charge in [0.2, 0.25) is 11.8 Å². The van der Waals surface area contributed by atoms with E-state index in [0.29, 0.717) is 58.2 Å². The molecule has 3 aliphatic rings. The molecule has 47 heavy (non-hydrogen) atoms. The molecule has 3 N–H and O–H groups in total. The van der Waals surface area contributed by atoms with E-state index in [1.165, 1.54) is 12.1 Å². The van der Waals surface area contributed by atoms with Gasteiger partial charge in [0.05, 0.1) is 49.6 Å². The fourth-order valence-electron chi connectivity index (χ4n) is 6.43. The second-order valence-electron chi connectivity index (χ2n) is 11.8. The van der Waals surface area contributed by atoms with Crippen molar-refractivity contribution >= 4 is 23.4 Å². The number of ketones is 1. The zero-order valence-corrected chi connectivity index (χ0v) is 26.1. The van der Waals surface area contributed by atoms with E-state index in [1.807, 2.05) is 30.5 Å². The third kappa shape index (κ3) is 7.78. The number of carbonyl (C=O) groups is 3. The number of phenolic OH excluding ortho intramolecular Hbond substituents is 1. The Morgan fingerprint density at radius 2 is 1.77 bits per heavy atom.